The summed E-state index contributed by atoms with van der Waals surface area (Å²) in [6, 6.07) is 0. The van der Waals surface area contributed by atoms with Crippen molar-refractivity contribution in [3.8, 4) is 0 Å². The van der Waals surface area contributed by atoms with E-state index in [1.54, 1.807) is 0 Å². The van der Waals surface area contributed by atoms with Gasteiger partial charge in [0.2, 0.25) is 0 Å². The van der Waals surface area contributed by atoms with Crippen molar-refractivity contribution in [3.63, 3.8) is 0 Å². The molecule has 0 aliphatic heterocycles. The SMILES string of the molecule is CCCCCCCC(CCCC)COC(=O)CC(C)(C)C. The van der Waals surface area contributed by atoms with E-state index in [9.17, 15) is 4.79 Å². The van der Waals surface area contributed by atoms with Crippen molar-refractivity contribution >= 4 is 5.97 Å². The molecule has 0 aromatic carbocycles. The van der Waals surface area contributed by atoms with Crippen LogP contribution in [0.25, 0.3) is 0 Å². The number of esters is 1. The number of ether oxygens (including phenoxy) is 1. The van der Waals surface area contributed by atoms with Gasteiger partial charge in [-0.2, -0.15) is 0 Å². The van der Waals surface area contributed by atoms with Gasteiger partial charge in [-0.1, -0.05) is 79.6 Å². The molecule has 1 atom stereocenters. The Labute approximate surface area is 133 Å². The summed E-state index contributed by atoms with van der Waals surface area (Å²) in [6.07, 6.45) is 12.0. The molecule has 0 heterocycles. The van der Waals surface area contributed by atoms with E-state index in [0.717, 1.165) is 0 Å². The molecule has 0 aliphatic carbocycles. The number of rotatable bonds is 12. The molecule has 0 saturated carbocycles. The Balaban J connectivity index is 3.96. The summed E-state index contributed by atoms with van der Waals surface area (Å²) in [5, 5.41) is 0. The van der Waals surface area contributed by atoms with Crippen LogP contribution in [0.4, 0.5) is 0 Å². The van der Waals surface area contributed by atoms with E-state index in [1.165, 1.54) is 57.8 Å². The van der Waals surface area contributed by atoms with Crippen molar-refractivity contribution in [3.05, 3.63) is 0 Å². The van der Waals surface area contributed by atoms with Gasteiger partial charge in [0.1, 0.15) is 0 Å². The van der Waals surface area contributed by atoms with Crippen LogP contribution < -0.4 is 0 Å². The number of carbonyl (C=O) groups is 1. The van der Waals surface area contributed by atoms with Crippen LogP contribution in [0.2, 0.25) is 0 Å². The van der Waals surface area contributed by atoms with Gasteiger partial charge in [-0.25, -0.2) is 0 Å². The van der Waals surface area contributed by atoms with Crippen LogP contribution in [-0.2, 0) is 9.53 Å². The normalized spacial score (nSPS) is 13.2. The fourth-order valence-corrected chi connectivity index (χ4v) is 2.54. The van der Waals surface area contributed by atoms with Gasteiger partial charge in [0.05, 0.1) is 13.0 Å². The first-order valence-electron chi connectivity index (χ1n) is 9.04. The minimum absolute atomic E-state index is 0.0240. The molecule has 0 aromatic heterocycles. The molecule has 0 radical (unpaired) electrons. The first-order valence-corrected chi connectivity index (χ1v) is 9.04. The molecule has 0 spiro atoms. The van der Waals surface area contributed by atoms with E-state index in [4.69, 9.17) is 4.74 Å². The van der Waals surface area contributed by atoms with Gasteiger partial charge in [0.15, 0.2) is 0 Å². The summed E-state index contributed by atoms with van der Waals surface area (Å²) in [5.74, 6) is 0.533. The van der Waals surface area contributed by atoms with Crippen LogP contribution in [0.1, 0.15) is 98.8 Å². The fourth-order valence-electron chi connectivity index (χ4n) is 2.54. The Morgan fingerprint density at radius 1 is 0.905 bits per heavy atom. The predicted molar refractivity (Wildman–Crippen MR) is 91.4 cm³/mol. The monoisotopic (exact) mass is 298 g/mol. The lowest BCUT2D eigenvalue weighted by molar-refractivity contribution is -0.147. The summed E-state index contributed by atoms with van der Waals surface area (Å²) in [4.78, 5) is 11.8. The lowest BCUT2D eigenvalue weighted by Gasteiger charge is -2.20. The van der Waals surface area contributed by atoms with Crippen LogP contribution in [0.15, 0.2) is 0 Å². The molecule has 0 amide bonds. The first kappa shape index (κ1) is 20.5. The zero-order valence-corrected chi connectivity index (χ0v) is 15.2. The zero-order chi connectivity index (χ0) is 16.1. The van der Waals surface area contributed by atoms with E-state index in [-0.39, 0.29) is 11.4 Å². The van der Waals surface area contributed by atoms with E-state index >= 15 is 0 Å². The van der Waals surface area contributed by atoms with Crippen molar-refractivity contribution in [2.24, 2.45) is 11.3 Å². The summed E-state index contributed by atoms with van der Waals surface area (Å²) >= 11 is 0. The van der Waals surface area contributed by atoms with Crippen molar-refractivity contribution in [2.45, 2.75) is 98.8 Å². The summed E-state index contributed by atoms with van der Waals surface area (Å²) in [7, 11) is 0. The van der Waals surface area contributed by atoms with Crippen molar-refractivity contribution in [1.29, 1.82) is 0 Å². The van der Waals surface area contributed by atoms with Crippen molar-refractivity contribution in [1.82, 2.24) is 0 Å². The second kappa shape index (κ2) is 12.1. The largest absolute Gasteiger partial charge is 0.465 e. The standard InChI is InChI=1S/C19H38O2/c1-6-8-10-11-12-14-17(13-9-7-2)16-21-18(20)15-19(3,4)5/h17H,6-16H2,1-5H3. The summed E-state index contributed by atoms with van der Waals surface area (Å²) < 4.78 is 5.52. The van der Waals surface area contributed by atoms with Crippen LogP contribution in [0.5, 0.6) is 0 Å². The highest BCUT2D eigenvalue weighted by Crippen LogP contribution is 2.21. The average molecular weight is 299 g/mol. The zero-order valence-electron chi connectivity index (χ0n) is 15.2. The van der Waals surface area contributed by atoms with Crippen molar-refractivity contribution < 1.29 is 9.53 Å². The molecule has 0 rings (SSSR count). The van der Waals surface area contributed by atoms with E-state index in [0.29, 0.717) is 18.9 Å². The molecular weight excluding hydrogens is 260 g/mol. The number of hydrogen-bond acceptors (Lipinski definition) is 2. The van der Waals surface area contributed by atoms with Gasteiger partial charge < -0.3 is 4.74 Å². The Bertz CT molecular complexity index is 253. The molecule has 0 bridgehead atoms. The van der Waals surface area contributed by atoms with Crippen LogP contribution >= 0.6 is 0 Å². The molecule has 126 valence electrons. The van der Waals surface area contributed by atoms with Gasteiger partial charge in [0.25, 0.3) is 0 Å². The predicted octanol–water partition coefficient (Wildman–Crippen LogP) is 6.13. The lowest BCUT2D eigenvalue weighted by Crippen LogP contribution is -2.19. The van der Waals surface area contributed by atoms with Gasteiger partial charge in [-0.15, -0.1) is 0 Å². The third-order valence-corrected chi connectivity index (χ3v) is 3.84. The second-order valence-corrected chi connectivity index (χ2v) is 7.63. The van der Waals surface area contributed by atoms with Gasteiger partial charge in [-0.3, -0.25) is 4.79 Å². The molecule has 0 fully saturated rings. The maximum atomic E-state index is 11.8. The number of hydrogen-bond donors (Lipinski definition) is 0. The molecule has 0 aromatic rings. The molecule has 2 heteroatoms. The maximum absolute atomic E-state index is 11.8. The lowest BCUT2D eigenvalue weighted by atomic mass is 9.92. The van der Waals surface area contributed by atoms with Crippen LogP contribution in [0, 0.1) is 11.3 Å². The van der Waals surface area contributed by atoms with E-state index in [1.807, 2.05) is 0 Å². The highest BCUT2D eigenvalue weighted by molar-refractivity contribution is 5.70. The highest BCUT2D eigenvalue weighted by atomic mass is 16.5. The van der Waals surface area contributed by atoms with Gasteiger partial charge in [-0.05, 0) is 24.2 Å². The maximum Gasteiger partial charge on any atom is 0.306 e. The fraction of sp³-hybridized carbons (Fsp3) is 0.947. The highest BCUT2D eigenvalue weighted by Gasteiger charge is 2.18. The van der Waals surface area contributed by atoms with Gasteiger partial charge in [0, 0.05) is 0 Å². The molecule has 0 N–H and O–H groups in total. The Morgan fingerprint density at radius 2 is 1.48 bits per heavy atom. The first-order chi connectivity index (χ1) is 9.89. The average Bonchev–Trinajstić information content (AvgIpc) is 2.38. The molecule has 0 saturated heterocycles. The second-order valence-electron chi connectivity index (χ2n) is 7.63. The number of carbonyl (C=O) groups excluding carboxylic acids is 1. The Hall–Kier alpha value is -0.530. The Morgan fingerprint density at radius 3 is 2.05 bits per heavy atom. The van der Waals surface area contributed by atoms with Crippen LogP contribution in [0.3, 0.4) is 0 Å². The van der Waals surface area contributed by atoms with Crippen LogP contribution in [-0.4, -0.2) is 12.6 Å². The molecule has 1 unspecified atom stereocenters. The quantitative estimate of drug-likeness (QED) is 0.320. The van der Waals surface area contributed by atoms with Crippen molar-refractivity contribution in [2.75, 3.05) is 6.61 Å². The van der Waals surface area contributed by atoms with E-state index < -0.39 is 0 Å². The number of unbranched alkanes of at least 4 members (excludes halogenated alkanes) is 5. The molecular formula is C19H38O2. The van der Waals surface area contributed by atoms with E-state index in [2.05, 4.69) is 34.6 Å². The third-order valence-electron chi connectivity index (χ3n) is 3.84. The molecule has 21 heavy (non-hydrogen) atoms. The minimum Gasteiger partial charge on any atom is -0.465 e. The molecule has 0 aliphatic rings. The van der Waals surface area contributed by atoms with Gasteiger partial charge >= 0.3 is 5.97 Å². The third kappa shape index (κ3) is 14.2. The summed E-state index contributed by atoms with van der Waals surface area (Å²) in [5.41, 5.74) is 0.0240. The Kier molecular flexibility index (Phi) is 11.8. The minimum atomic E-state index is -0.0324. The summed E-state index contributed by atoms with van der Waals surface area (Å²) in [6.45, 7) is 11.3. The topological polar surface area (TPSA) is 26.3 Å². The molecule has 2 nitrogen and oxygen atoms in total. The smallest absolute Gasteiger partial charge is 0.306 e.